The maximum atomic E-state index is 12.9. The Labute approximate surface area is 220 Å². The van der Waals surface area contributed by atoms with E-state index in [0.29, 0.717) is 53.7 Å². The highest BCUT2D eigenvalue weighted by Gasteiger charge is 2.23. The number of likely N-dealkylation sites (N-methyl/N-ethyl adjacent to an activating group) is 1. The number of aromatic nitrogens is 3. The van der Waals surface area contributed by atoms with Gasteiger partial charge in [0.15, 0.2) is 16.6 Å². The van der Waals surface area contributed by atoms with Crippen molar-refractivity contribution in [1.29, 1.82) is 5.26 Å². The van der Waals surface area contributed by atoms with Gasteiger partial charge in [-0.25, -0.2) is 15.0 Å². The van der Waals surface area contributed by atoms with E-state index in [2.05, 4.69) is 31.2 Å². The highest BCUT2D eigenvalue weighted by molar-refractivity contribution is 7.14. The number of nitrogens with zero attached hydrogens (tertiary/aromatic N) is 6. The highest BCUT2D eigenvalue weighted by atomic mass is 32.1. The number of nitriles is 1. The van der Waals surface area contributed by atoms with E-state index < -0.39 is 0 Å². The van der Waals surface area contributed by atoms with Crippen molar-refractivity contribution in [2.24, 2.45) is 0 Å². The van der Waals surface area contributed by atoms with Crippen LogP contribution in [0.4, 0.5) is 10.9 Å². The van der Waals surface area contributed by atoms with E-state index in [0.717, 1.165) is 31.6 Å². The van der Waals surface area contributed by atoms with E-state index in [4.69, 9.17) is 14.7 Å². The van der Waals surface area contributed by atoms with Crippen LogP contribution in [0.2, 0.25) is 0 Å². The minimum absolute atomic E-state index is 0.188. The van der Waals surface area contributed by atoms with Crippen molar-refractivity contribution in [2.75, 3.05) is 52.3 Å². The van der Waals surface area contributed by atoms with Gasteiger partial charge in [0.2, 0.25) is 0 Å². The lowest BCUT2D eigenvalue weighted by Crippen LogP contribution is -2.35. The van der Waals surface area contributed by atoms with E-state index >= 15 is 0 Å². The fourth-order valence-corrected chi connectivity index (χ4v) is 4.96. The Bertz CT molecular complexity index is 1260. The monoisotopic (exact) mass is 521 g/mol. The predicted octanol–water partition coefficient (Wildman–Crippen LogP) is 3.85. The van der Waals surface area contributed by atoms with Gasteiger partial charge in [0.1, 0.15) is 23.9 Å². The zero-order valence-electron chi connectivity index (χ0n) is 21.3. The molecule has 1 aromatic carbocycles. The van der Waals surface area contributed by atoms with Crippen LogP contribution >= 0.6 is 11.3 Å². The molecular formula is C26H31N7O3S. The van der Waals surface area contributed by atoms with Crippen LogP contribution in [0.25, 0.3) is 0 Å². The Morgan fingerprint density at radius 3 is 2.89 bits per heavy atom. The van der Waals surface area contributed by atoms with Crippen molar-refractivity contribution in [3.8, 4) is 17.6 Å². The zero-order chi connectivity index (χ0) is 26.2. The molecule has 0 unspecified atom stereocenters. The molecule has 3 heterocycles. The summed E-state index contributed by atoms with van der Waals surface area (Å²) in [5, 5.41) is 14.6. The molecule has 0 bridgehead atoms. The van der Waals surface area contributed by atoms with E-state index in [9.17, 15) is 4.79 Å². The number of hydrogen-bond acceptors (Lipinski definition) is 10. The molecule has 1 N–H and O–H groups in total. The number of likely N-dealkylation sites (tertiary alicyclic amines) is 1. The molecule has 2 aromatic heterocycles. The first kappa shape index (κ1) is 26.3. The van der Waals surface area contributed by atoms with Gasteiger partial charge in [0.25, 0.3) is 5.91 Å². The van der Waals surface area contributed by atoms with Crippen molar-refractivity contribution in [1.82, 2.24) is 24.8 Å². The number of anilines is 2. The maximum absolute atomic E-state index is 12.9. The van der Waals surface area contributed by atoms with Gasteiger partial charge in [0, 0.05) is 31.0 Å². The van der Waals surface area contributed by atoms with Crippen molar-refractivity contribution < 1.29 is 14.3 Å². The van der Waals surface area contributed by atoms with E-state index in [1.807, 2.05) is 37.3 Å². The number of piperidine rings is 1. The number of methoxy groups -OCH3 is 1. The summed E-state index contributed by atoms with van der Waals surface area (Å²) in [6, 6.07) is 11.6. The van der Waals surface area contributed by atoms with Crippen molar-refractivity contribution in [2.45, 2.75) is 25.7 Å². The van der Waals surface area contributed by atoms with Gasteiger partial charge in [-0.15, -0.1) is 11.3 Å². The lowest BCUT2D eigenvalue weighted by atomic mass is 9.94. The number of carbonyl (C=O) groups excluding carboxylic acids is 1. The van der Waals surface area contributed by atoms with Crippen molar-refractivity contribution in [3.63, 3.8) is 0 Å². The summed E-state index contributed by atoms with van der Waals surface area (Å²) in [6.45, 7) is 4.78. The fourth-order valence-electron chi connectivity index (χ4n) is 4.27. The molecule has 194 valence electrons. The van der Waals surface area contributed by atoms with E-state index in [1.165, 1.54) is 11.3 Å². The smallest absolute Gasteiger partial charge is 0.273 e. The Kier molecular flexibility index (Phi) is 8.87. The third kappa shape index (κ3) is 6.93. The van der Waals surface area contributed by atoms with E-state index in [-0.39, 0.29) is 11.8 Å². The molecule has 11 heteroatoms. The Balaban J connectivity index is 1.35. The summed E-state index contributed by atoms with van der Waals surface area (Å²) in [5.41, 5.74) is 1.32. The third-order valence-corrected chi connectivity index (χ3v) is 6.89. The van der Waals surface area contributed by atoms with Crippen LogP contribution in [0.15, 0.2) is 35.7 Å². The number of para-hydroxylation sites is 2. The van der Waals surface area contributed by atoms with Gasteiger partial charge in [-0.1, -0.05) is 12.1 Å². The quantitative estimate of drug-likeness (QED) is 0.397. The van der Waals surface area contributed by atoms with Crippen LogP contribution in [-0.2, 0) is 0 Å². The standard InChI is InChI=1S/C26H31N7O3S/c1-18-28-20(19-7-6-11-33(16-19)12-10-27)15-24(29-18)31-26-30-21(17-37-26)25(34)32(2)13-14-36-23-9-5-4-8-22(23)35-3/h4-5,8-9,15,17,19H,6-7,11-14,16H2,1-3H3,(H,28,29,30,31)/t19-/m0/s1. The second-order valence-electron chi connectivity index (χ2n) is 8.85. The topological polar surface area (TPSA) is 117 Å². The third-order valence-electron chi connectivity index (χ3n) is 6.13. The number of aryl methyl sites for hydroxylation is 1. The molecule has 0 aliphatic carbocycles. The predicted molar refractivity (Wildman–Crippen MR) is 142 cm³/mol. The molecule has 0 saturated carbocycles. The zero-order valence-corrected chi connectivity index (χ0v) is 22.1. The van der Waals surface area contributed by atoms with Crippen LogP contribution < -0.4 is 14.8 Å². The molecule has 3 aromatic rings. The molecule has 4 rings (SSSR count). The molecule has 10 nitrogen and oxygen atoms in total. The number of ether oxygens (including phenoxy) is 2. The number of rotatable bonds is 10. The minimum atomic E-state index is -0.188. The normalized spacial score (nSPS) is 15.6. The lowest BCUT2D eigenvalue weighted by molar-refractivity contribution is 0.0768. The molecule has 1 amide bonds. The summed E-state index contributed by atoms with van der Waals surface area (Å²) in [6.07, 6.45) is 2.06. The van der Waals surface area contributed by atoms with Gasteiger partial charge in [-0.3, -0.25) is 9.69 Å². The number of carbonyl (C=O) groups is 1. The minimum Gasteiger partial charge on any atom is -0.493 e. The second-order valence-corrected chi connectivity index (χ2v) is 9.70. The number of amides is 1. The van der Waals surface area contributed by atoms with Crippen LogP contribution in [0.3, 0.4) is 0 Å². The largest absolute Gasteiger partial charge is 0.493 e. The van der Waals surface area contributed by atoms with Gasteiger partial charge >= 0.3 is 0 Å². The van der Waals surface area contributed by atoms with Crippen molar-refractivity contribution >= 4 is 28.2 Å². The molecule has 1 aliphatic heterocycles. The first-order valence-electron chi connectivity index (χ1n) is 12.2. The SMILES string of the molecule is COc1ccccc1OCCN(C)C(=O)c1csc(Nc2cc([C@H]3CCCN(CC#N)C3)nc(C)n2)n1. The van der Waals surface area contributed by atoms with Crippen LogP contribution in [-0.4, -0.2) is 77.6 Å². The number of nitrogens with one attached hydrogen (secondary N) is 1. The number of thiazole rings is 1. The van der Waals surface area contributed by atoms with Gasteiger partial charge < -0.3 is 19.7 Å². The lowest BCUT2D eigenvalue weighted by Gasteiger charge is -2.30. The molecule has 37 heavy (non-hydrogen) atoms. The van der Waals surface area contributed by atoms with Crippen LogP contribution in [0, 0.1) is 18.3 Å². The first-order chi connectivity index (χ1) is 18.0. The number of benzene rings is 1. The summed E-state index contributed by atoms with van der Waals surface area (Å²) >= 11 is 1.35. The number of hydrogen-bond donors (Lipinski definition) is 1. The molecule has 1 saturated heterocycles. The average molecular weight is 522 g/mol. The van der Waals surface area contributed by atoms with Gasteiger partial charge in [-0.2, -0.15) is 5.26 Å². The van der Waals surface area contributed by atoms with Gasteiger partial charge in [-0.05, 0) is 38.4 Å². The second kappa shape index (κ2) is 12.5. The highest BCUT2D eigenvalue weighted by Crippen LogP contribution is 2.29. The molecule has 1 atom stereocenters. The summed E-state index contributed by atoms with van der Waals surface area (Å²) in [4.78, 5) is 30.3. The van der Waals surface area contributed by atoms with Gasteiger partial charge in [0.05, 0.1) is 32.0 Å². The molecule has 1 aliphatic rings. The van der Waals surface area contributed by atoms with Crippen LogP contribution in [0.1, 0.15) is 40.8 Å². The molecule has 1 fully saturated rings. The summed E-state index contributed by atoms with van der Waals surface area (Å²) in [7, 11) is 3.32. The van der Waals surface area contributed by atoms with Crippen molar-refractivity contribution in [3.05, 3.63) is 52.9 Å². The Hall–Kier alpha value is -3.75. The first-order valence-corrected chi connectivity index (χ1v) is 13.0. The molecule has 0 radical (unpaired) electrons. The summed E-state index contributed by atoms with van der Waals surface area (Å²) < 4.78 is 11.1. The molecule has 0 spiro atoms. The van der Waals surface area contributed by atoms with E-state index in [1.54, 1.807) is 24.4 Å². The molecular weight excluding hydrogens is 490 g/mol. The maximum Gasteiger partial charge on any atom is 0.273 e. The Morgan fingerprint density at radius 2 is 2.11 bits per heavy atom. The summed E-state index contributed by atoms with van der Waals surface area (Å²) in [5.74, 6) is 2.66. The Morgan fingerprint density at radius 1 is 1.30 bits per heavy atom. The fraction of sp³-hybridized carbons (Fsp3) is 0.423. The average Bonchev–Trinajstić information content (AvgIpc) is 3.36. The van der Waals surface area contributed by atoms with Crippen LogP contribution in [0.5, 0.6) is 11.5 Å².